The minimum atomic E-state index is -0.345. The summed E-state index contributed by atoms with van der Waals surface area (Å²) in [6.07, 6.45) is 2.30. The Kier molecular flexibility index (Phi) is 4.59. The number of rotatable bonds is 5. The van der Waals surface area contributed by atoms with Crippen LogP contribution in [0.2, 0.25) is 0 Å². The van der Waals surface area contributed by atoms with Crippen LogP contribution in [0, 0.1) is 23.0 Å². The van der Waals surface area contributed by atoms with Crippen LogP contribution >= 0.6 is 0 Å². The Morgan fingerprint density at radius 2 is 2.40 bits per heavy atom. The van der Waals surface area contributed by atoms with Crippen LogP contribution in [0.1, 0.15) is 32.4 Å². The largest absolute Gasteiger partial charge is 0.362 e. The Balaban J connectivity index is 2.20. The summed E-state index contributed by atoms with van der Waals surface area (Å²) in [4.78, 5) is 10.9. The van der Waals surface area contributed by atoms with E-state index in [-0.39, 0.29) is 16.7 Å². The molecule has 2 N–H and O–H groups in total. The molecule has 0 aliphatic carbocycles. The van der Waals surface area contributed by atoms with E-state index in [1.807, 2.05) is 6.92 Å². The van der Waals surface area contributed by atoms with Gasteiger partial charge in [-0.1, -0.05) is 0 Å². The van der Waals surface area contributed by atoms with E-state index >= 15 is 0 Å². The molecule has 20 heavy (non-hydrogen) atoms. The lowest BCUT2D eigenvalue weighted by Crippen LogP contribution is -2.39. The Bertz CT molecular complexity index is 479. The van der Waals surface area contributed by atoms with Crippen LogP contribution in [0.25, 0.3) is 0 Å². The van der Waals surface area contributed by atoms with E-state index in [4.69, 9.17) is 0 Å². The fourth-order valence-corrected chi connectivity index (χ4v) is 2.80. The van der Waals surface area contributed by atoms with E-state index in [1.165, 1.54) is 0 Å². The highest BCUT2D eigenvalue weighted by Gasteiger charge is 2.28. The van der Waals surface area contributed by atoms with E-state index in [9.17, 15) is 10.1 Å². The van der Waals surface area contributed by atoms with Crippen LogP contribution in [0.4, 0.5) is 11.5 Å². The molecule has 7 heteroatoms. The predicted molar refractivity (Wildman–Crippen MR) is 78.0 cm³/mol. The minimum absolute atomic E-state index is 0.0995. The molecule has 0 bridgehead atoms. The molecule has 1 aromatic heterocycles. The second kappa shape index (κ2) is 6.21. The van der Waals surface area contributed by atoms with E-state index < -0.39 is 0 Å². The summed E-state index contributed by atoms with van der Waals surface area (Å²) in [6.45, 7) is 8.35. The van der Waals surface area contributed by atoms with Gasteiger partial charge in [-0.25, -0.2) is 4.68 Å². The molecular formula is C13H23N5O2. The summed E-state index contributed by atoms with van der Waals surface area (Å²) in [6, 6.07) is 0.183. The summed E-state index contributed by atoms with van der Waals surface area (Å²) < 4.78 is 1.68. The molecule has 2 unspecified atom stereocenters. The van der Waals surface area contributed by atoms with Gasteiger partial charge in [-0.3, -0.25) is 10.1 Å². The third-order valence-corrected chi connectivity index (χ3v) is 3.98. The third-order valence-electron chi connectivity index (χ3n) is 3.98. The topological polar surface area (TPSA) is 85.0 Å². The van der Waals surface area contributed by atoms with Gasteiger partial charge in [-0.2, -0.15) is 5.10 Å². The quantitative estimate of drug-likeness (QED) is 0.636. The minimum Gasteiger partial charge on any atom is -0.362 e. The summed E-state index contributed by atoms with van der Waals surface area (Å²) in [5, 5.41) is 22.2. The lowest BCUT2D eigenvalue weighted by Gasteiger charge is -2.29. The molecule has 0 saturated carbocycles. The van der Waals surface area contributed by atoms with Gasteiger partial charge >= 0.3 is 5.69 Å². The van der Waals surface area contributed by atoms with E-state index in [2.05, 4.69) is 22.7 Å². The smallest absolute Gasteiger partial charge is 0.333 e. The Morgan fingerprint density at radius 3 is 2.95 bits per heavy atom. The number of anilines is 1. The van der Waals surface area contributed by atoms with Crippen LogP contribution in [-0.2, 0) is 6.54 Å². The first-order chi connectivity index (χ1) is 9.54. The second-order valence-electron chi connectivity index (χ2n) is 5.39. The standard InChI is InChI=1S/C13H23N5O2/c1-4-17-13(12(18(19)20)10(3)16-17)15-9(2)11-6-5-7-14-8-11/h9,11,14-15H,4-8H2,1-3H3. The molecule has 1 aliphatic heterocycles. The van der Waals surface area contributed by atoms with Crippen molar-refractivity contribution in [3.8, 4) is 0 Å². The number of piperidine rings is 1. The van der Waals surface area contributed by atoms with Gasteiger partial charge in [0, 0.05) is 12.6 Å². The van der Waals surface area contributed by atoms with Gasteiger partial charge in [0.25, 0.3) is 0 Å². The third kappa shape index (κ3) is 2.92. The van der Waals surface area contributed by atoms with Gasteiger partial charge in [0.15, 0.2) is 0 Å². The number of nitrogens with one attached hydrogen (secondary N) is 2. The van der Waals surface area contributed by atoms with E-state index in [0.29, 0.717) is 24.0 Å². The van der Waals surface area contributed by atoms with Crippen LogP contribution < -0.4 is 10.6 Å². The molecule has 0 amide bonds. The maximum Gasteiger partial charge on any atom is 0.333 e. The van der Waals surface area contributed by atoms with Gasteiger partial charge in [-0.05, 0) is 52.6 Å². The van der Waals surface area contributed by atoms with Crippen molar-refractivity contribution in [2.45, 2.75) is 46.2 Å². The molecule has 0 spiro atoms. The van der Waals surface area contributed by atoms with Gasteiger partial charge in [-0.15, -0.1) is 0 Å². The summed E-state index contributed by atoms with van der Waals surface area (Å²) >= 11 is 0. The van der Waals surface area contributed by atoms with Crippen molar-refractivity contribution >= 4 is 11.5 Å². The highest BCUT2D eigenvalue weighted by molar-refractivity contribution is 5.60. The van der Waals surface area contributed by atoms with Gasteiger partial charge < -0.3 is 10.6 Å². The maximum absolute atomic E-state index is 11.2. The lowest BCUT2D eigenvalue weighted by molar-refractivity contribution is -0.384. The Labute approximate surface area is 118 Å². The first-order valence-electron chi connectivity index (χ1n) is 7.23. The zero-order valence-electron chi connectivity index (χ0n) is 12.3. The first kappa shape index (κ1) is 14.8. The van der Waals surface area contributed by atoms with Crippen LogP contribution in [-0.4, -0.2) is 33.8 Å². The van der Waals surface area contributed by atoms with E-state index in [0.717, 1.165) is 25.9 Å². The molecule has 1 aromatic rings. The SMILES string of the molecule is CCn1nc(C)c([N+](=O)[O-])c1NC(C)C1CCCNC1. The predicted octanol–water partition coefficient (Wildman–Crippen LogP) is 1.92. The second-order valence-corrected chi connectivity index (χ2v) is 5.39. The molecule has 1 fully saturated rings. The summed E-state index contributed by atoms with van der Waals surface area (Å²) in [5.74, 6) is 1.02. The molecule has 1 aliphatic rings. The molecule has 2 heterocycles. The van der Waals surface area contributed by atoms with Crippen molar-refractivity contribution in [3.63, 3.8) is 0 Å². The van der Waals surface area contributed by atoms with Crippen molar-refractivity contribution in [2.24, 2.45) is 5.92 Å². The maximum atomic E-state index is 11.2. The van der Waals surface area contributed by atoms with Gasteiger partial charge in [0.2, 0.25) is 5.82 Å². The van der Waals surface area contributed by atoms with Crippen molar-refractivity contribution in [1.29, 1.82) is 0 Å². The van der Waals surface area contributed by atoms with Gasteiger partial charge in [0.05, 0.1) is 4.92 Å². The fourth-order valence-electron chi connectivity index (χ4n) is 2.80. The normalized spacial score (nSPS) is 20.6. The zero-order chi connectivity index (χ0) is 14.7. The average molecular weight is 281 g/mol. The lowest BCUT2D eigenvalue weighted by atomic mass is 9.93. The Hall–Kier alpha value is -1.63. The number of nitro groups is 1. The molecular weight excluding hydrogens is 258 g/mol. The number of aromatic nitrogens is 2. The molecule has 112 valence electrons. The van der Waals surface area contributed by atoms with Crippen LogP contribution in [0.3, 0.4) is 0 Å². The summed E-state index contributed by atoms with van der Waals surface area (Å²) in [5.41, 5.74) is 0.566. The molecule has 7 nitrogen and oxygen atoms in total. The molecule has 2 atom stereocenters. The number of hydrogen-bond acceptors (Lipinski definition) is 5. The van der Waals surface area contributed by atoms with Crippen molar-refractivity contribution in [1.82, 2.24) is 15.1 Å². The zero-order valence-corrected chi connectivity index (χ0v) is 12.3. The van der Waals surface area contributed by atoms with Crippen LogP contribution in [0.5, 0.6) is 0 Å². The Morgan fingerprint density at radius 1 is 1.65 bits per heavy atom. The number of hydrogen-bond donors (Lipinski definition) is 2. The number of nitrogens with zero attached hydrogens (tertiary/aromatic N) is 3. The van der Waals surface area contributed by atoms with Crippen molar-refractivity contribution < 1.29 is 4.92 Å². The van der Waals surface area contributed by atoms with Crippen molar-refractivity contribution in [3.05, 3.63) is 15.8 Å². The van der Waals surface area contributed by atoms with Crippen LogP contribution in [0.15, 0.2) is 0 Å². The first-order valence-corrected chi connectivity index (χ1v) is 7.23. The van der Waals surface area contributed by atoms with Crippen molar-refractivity contribution in [2.75, 3.05) is 18.4 Å². The molecule has 0 aromatic carbocycles. The fraction of sp³-hybridized carbons (Fsp3) is 0.769. The average Bonchev–Trinajstić information content (AvgIpc) is 2.75. The molecule has 1 saturated heterocycles. The van der Waals surface area contributed by atoms with E-state index in [1.54, 1.807) is 11.6 Å². The van der Waals surface area contributed by atoms with Gasteiger partial charge in [0.1, 0.15) is 5.69 Å². The highest BCUT2D eigenvalue weighted by Crippen LogP contribution is 2.30. The highest BCUT2D eigenvalue weighted by atomic mass is 16.6. The number of aryl methyl sites for hydroxylation is 2. The summed E-state index contributed by atoms with van der Waals surface area (Å²) in [7, 11) is 0. The molecule has 2 rings (SSSR count). The molecule has 0 radical (unpaired) electrons. The monoisotopic (exact) mass is 281 g/mol.